The third-order valence-electron chi connectivity index (χ3n) is 16.7. The van der Waals surface area contributed by atoms with Gasteiger partial charge in [-0.3, -0.25) is 28.5 Å². The van der Waals surface area contributed by atoms with Crippen LogP contribution in [0.4, 0.5) is 5.82 Å². The zero-order chi connectivity index (χ0) is 63.5. The van der Waals surface area contributed by atoms with Crippen molar-refractivity contribution in [1.82, 2.24) is 35.8 Å². The van der Waals surface area contributed by atoms with Gasteiger partial charge in [-0.2, -0.15) is 4.98 Å². The van der Waals surface area contributed by atoms with Crippen molar-refractivity contribution in [3.63, 3.8) is 0 Å². The van der Waals surface area contributed by atoms with Crippen LogP contribution in [0.3, 0.4) is 0 Å². The minimum absolute atomic E-state index is 0.0418. The summed E-state index contributed by atoms with van der Waals surface area (Å²) in [7, 11) is -2.78. The van der Waals surface area contributed by atoms with Gasteiger partial charge in [-0.25, -0.2) is 4.79 Å². The monoisotopic (exact) mass is 1230 g/mol. The van der Waals surface area contributed by atoms with Gasteiger partial charge in [-0.15, -0.1) is 0 Å². The number of rotatable bonds is 31. The average molecular weight is 1230 g/mol. The molecule has 1 fully saturated rings. The largest absolute Gasteiger partial charge is 0.405 e. The highest BCUT2D eigenvalue weighted by Gasteiger charge is 2.51. The highest BCUT2D eigenvalue weighted by molar-refractivity contribution is 6.99. The van der Waals surface area contributed by atoms with Crippen LogP contribution >= 0.6 is 0 Å². The summed E-state index contributed by atoms with van der Waals surface area (Å²) in [6, 6.07) is 46.4. The number of benzene rings is 5. The summed E-state index contributed by atoms with van der Waals surface area (Å²) in [5, 5.41) is 29.5. The number of carbonyl (C=O) groups is 5. The highest BCUT2D eigenvalue weighted by atomic mass is 28.4. The van der Waals surface area contributed by atoms with Gasteiger partial charge < -0.3 is 45.8 Å². The second-order valence-corrected chi connectivity index (χ2v) is 29.7. The number of H-pyrrole nitrogens is 1. The molecule has 18 heteroatoms. The van der Waals surface area contributed by atoms with E-state index < -0.39 is 62.2 Å². The van der Waals surface area contributed by atoms with E-state index in [-0.39, 0.29) is 72.3 Å². The number of fused-ring (bicyclic) bond motifs is 1. The zero-order valence-electron chi connectivity index (χ0n) is 52.6. The fourth-order valence-electron chi connectivity index (χ4n) is 12.1. The number of para-hydroxylation sites is 1. The van der Waals surface area contributed by atoms with Crippen LogP contribution in [0, 0.1) is 11.8 Å². The van der Waals surface area contributed by atoms with Gasteiger partial charge in [0.1, 0.15) is 24.1 Å². The second-order valence-electron chi connectivity index (χ2n) is 25.4. The van der Waals surface area contributed by atoms with Crippen LogP contribution in [0.2, 0.25) is 5.04 Å². The maximum Gasteiger partial charge on any atom is 0.351 e. The number of aliphatic hydroxyl groups excluding tert-OH is 1. The average Bonchev–Trinajstić information content (AvgIpc) is 1.36. The van der Waals surface area contributed by atoms with Crippen molar-refractivity contribution >= 4 is 64.9 Å². The van der Waals surface area contributed by atoms with Gasteiger partial charge in [0.05, 0.1) is 37.3 Å². The number of unbranched alkanes of at least 4 members (excludes halogenated alkanes) is 3. The molecule has 0 radical (unpaired) electrons. The number of aliphatic hydroxyl groups is 1. The Balaban J connectivity index is 0.807. The van der Waals surface area contributed by atoms with Crippen molar-refractivity contribution in [3.05, 3.63) is 191 Å². The first kappa shape index (κ1) is 66.9. The fraction of sp³-hybridized carbons (Fsp3) is 0.423. The molecule has 5 aromatic carbocycles. The number of nitrogens with one attached hydrogen (secondary N) is 6. The van der Waals surface area contributed by atoms with E-state index in [0.717, 1.165) is 27.6 Å². The Hall–Kier alpha value is -8.03. The van der Waals surface area contributed by atoms with Gasteiger partial charge in [-0.1, -0.05) is 201 Å². The minimum Gasteiger partial charge on any atom is -0.405 e. The maximum absolute atomic E-state index is 14.4. The molecule has 1 saturated heterocycles. The highest BCUT2D eigenvalue weighted by Crippen LogP contribution is 2.38. The van der Waals surface area contributed by atoms with Gasteiger partial charge in [0, 0.05) is 42.6 Å². The van der Waals surface area contributed by atoms with Gasteiger partial charge in [0.25, 0.3) is 8.32 Å². The third kappa shape index (κ3) is 18.5. The molecule has 472 valence electrons. The molecule has 1 aliphatic heterocycles. The van der Waals surface area contributed by atoms with Crippen molar-refractivity contribution < 1.29 is 38.2 Å². The van der Waals surface area contributed by atoms with Crippen LogP contribution < -0.4 is 42.6 Å². The predicted octanol–water partition coefficient (Wildman–Crippen LogP) is 9.51. The first-order valence-corrected chi connectivity index (χ1v) is 33.5. The summed E-state index contributed by atoms with van der Waals surface area (Å²) in [6.07, 6.45) is 6.17. The molecule has 1 aliphatic rings. The molecule has 0 aliphatic carbocycles. The maximum atomic E-state index is 14.4. The van der Waals surface area contributed by atoms with E-state index in [4.69, 9.17) is 9.16 Å². The number of hydrogen-bond donors (Lipinski definition) is 7. The van der Waals surface area contributed by atoms with Crippen LogP contribution in [0.1, 0.15) is 142 Å². The first-order valence-electron chi connectivity index (χ1n) is 31.6. The molecule has 2 aromatic heterocycles. The van der Waals surface area contributed by atoms with E-state index in [0.29, 0.717) is 58.0 Å². The summed E-state index contributed by atoms with van der Waals surface area (Å²) in [5.74, 6) is -2.25. The van der Waals surface area contributed by atoms with Crippen molar-refractivity contribution in [2.24, 2.45) is 11.8 Å². The van der Waals surface area contributed by atoms with Crippen molar-refractivity contribution in [3.8, 4) is 0 Å². The molecule has 0 saturated carbocycles. The van der Waals surface area contributed by atoms with Crippen LogP contribution in [0.5, 0.6) is 0 Å². The minimum atomic E-state index is -2.78. The van der Waals surface area contributed by atoms with E-state index in [1.54, 1.807) is 12.3 Å². The van der Waals surface area contributed by atoms with Crippen LogP contribution in [-0.4, -0.2) is 94.4 Å². The standard InChI is InChI=1S/C71H90N8O9Si/c1-48(2)42-59(61(80)45-65(83)73-58(51-28-16-11-17-29-51)43-50-26-14-10-15-27-50)75-69(85)67(49(3)4)78-68(84)60(44-52-46-72-57-35-25-24-34-56(52)57)74-63(81)36-22-8-9-23-37-64(82)76-62-40-41-79(70(86)77-62)66-39-38-53(88-66)47-87-89(71(5,6)7,54-30-18-12-19-31-54)55-32-20-13-21-33-55/h10-21,24-35,40-41,46,48-49,53,58-61,66-67,72,80H,8-9,22-23,36-39,42-45,47H2,1-7H3,(H,73,83)(H,74,81)(H,75,85)(H,78,84)(H,76,77,82,86)/t53-,58?,59-,60-,61-,66+,67-/m0/s1. The summed E-state index contributed by atoms with van der Waals surface area (Å²) < 4.78 is 15.0. The normalized spacial score (nSPS) is 16.1. The Bertz CT molecular complexity index is 3430. The third-order valence-corrected chi connectivity index (χ3v) is 21.7. The molecule has 7 N–H and O–H groups in total. The number of aromatic nitrogens is 3. The number of nitrogens with zero attached hydrogens (tertiary/aromatic N) is 2. The molecule has 0 bridgehead atoms. The Kier molecular flexibility index (Phi) is 24.0. The summed E-state index contributed by atoms with van der Waals surface area (Å²) in [5.41, 5.74) is 3.12. The van der Waals surface area contributed by atoms with Crippen LogP contribution in [0.15, 0.2) is 169 Å². The molecule has 3 heterocycles. The molecule has 7 atom stereocenters. The molecule has 8 rings (SSSR count). The fourth-order valence-corrected chi connectivity index (χ4v) is 16.7. The van der Waals surface area contributed by atoms with Crippen molar-refractivity contribution in [2.45, 2.75) is 173 Å². The lowest BCUT2D eigenvalue weighted by Gasteiger charge is -2.43. The lowest BCUT2D eigenvalue weighted by molar-refractivity contribution is -0.133. The molecule has 0 spiro atoms. The van der Waals surface area contributed by atoms with Crippen molar-refractivity contribution in [2.75, 3.05) is 11.9 Å². The smallest absolute Gasteiger partial charge is 0.351 e. The number of aromatic amines is 1. The summed E-state index contributed by atoms with van der Waals surface area (Å²) in [4.78, 5) is 90.0. The molecule has 7 aromatic rings. The van der Waals surface area contributed by atoms with Gasteiger partial charge in [0.2, 0.25) is 29.5 Å². The summed E-state index contributed by atoms with van der Waals surface area (Å²) in [6.45, 7) is 14.6. The second kappa shape index (κ2) is 31.9. The number of amides is 5. The SMILES string of the molecule is CC(C)C[C@H](NC(=O)[C@@H](NC(=O)[C@H](Cc1c[nH]c2ccccc12)NC(=O)CCCCCCC(=O)Nc1ccn([C@H]2CC[C@@H](CO[Si](c3ccccc3)(c3ccccc3)C(C)(C)C)O2)c(=O)n1)C(C)C)[C@@H](O)CC(=O)NC(Cc1ccccc1)c1ccccc1. The van der Waals surface area contributed by atoms with E-state index in [1.807, 2.05) is 131 Å². The number of carbonyl (C=O) groups excluding carboxylic acids is 5. The molecule has 1 unspecified atom stereocenters. The van der Waals surface area contributed by atoms with Crippen LogP contribution in [0.25, 0.3) is 10.9 Å². The van der Waals surface area contributed by atoms with E-state index >= 15 is 0 Å². The zero-order valence-corrected chi connectivity index (χ0v) is 53.6. The van der Waals surface area contributed by atoms with E-state index in [9.17, 15) is 33.9 Å². The Morgan fingerprint density at radius 2 is 1.30 bits per heavy atom. The van der Waals surface area contributed by atoms with Gasteiger partial charge in [0.15, 0.2) is 0 Å². The topological polar surface area (TPSA) is 235 Å². The Morgan fingerprint density at radius 3 is 1.92 bits per heavy atom. The Morgan fingerprint density at radius 1 is 0.697 bits per heavy atom. The van der Waals surface area contributed by atoms with E-state index in [1.165, 1.54) is 14.9 Å². The van der Waals surface area contributed by atoms with Crippen molar-refractivity contribution in [1.29, 1.82) is 0 Å². The molecule has 89 heavy (non-hydrogen) atoms. The number of ether oxygens (including phenoxy) is 1. The molecular weight excluding hydrogens is 1140 g/mol. The van der Waals surface area contributed by atoms with Gasteiger partial charge in [-0.05, 0) is 94.6 Å². The molecule has 5 amide bonds. The number of anilines is 1. The lowest BCUT2D eigenvalue weighted by atomic mass is 9.94. The quantitative estimate of drug-likeness (QED) is 0.0161. The Labute approximate surface area is 524 Å². The van der Waals surface area contributed by atoms with Gasteiger partial charge >= 0.3 is 5.69 Å². The predicted molar refractivity (Wildman–Crippen MR) is 352 cm³/mol. The molecule has 17 nitrogen and oxygen atoms in total. The van der Waals surface area contributed by atoms with E-state index in [2.05, 4.69) is 106 Å². The number of hydrogen-bond acceptors (Lipinski definition) is 10. The lowest BCUT2D eigenvalue weighted by Crippen LogP contribution is -2.67. The summed E-state index contributed by atoms with van der Waals surface area (Å²) >= 11 is 0. The molecular formula is C71H90N8O9Si. The van der Waals surface area contributed by atoms with Crippen LogP contribution in [-0.2, 0) is 46.0 Å². The first-order chi connectivity index (χ1) is 42.8.